The Morgan fingerprint density at radius 1 is 1.30 bits per heavy atom. The van der Waals surface area contributed by atoms with Gasteiger partial charge in [-0.1, -0.05) is 0 Å². The van der Waals surface area contributed by atoms with Gasteiger partial charge in [0.15, 0.2) is 5.69 Å². The van der Waals surface area contributed by atoms with Crippen molar-refractivity contribution in [2.24, 2.45) is 0 Å². The number of aromatic nitrogens is 4. The third-order valence-electron chi connectivity index (χ3n) is 4.53. The summed E-state index contributed by atoms with van der Waals surface area (Å²) in [5.41, 5.74) is -0.953. The number of nitrogens with zero attached hydrogens (tertiary/aromatic N) is 5. The van der Waals surface area contributed by atoms with Gasteiger partial charge in [0, 0.05) is 30.7 Å². The van der Waals surface area contributed by atoms with Crippen molar-refractivity contribution >= 4 is 11.6 Å². The van der Waals surface area contributed by atoms with Gasteiger partial charge in [-0.2, -0.15) is 27.8 Å². The van der Waals surface area contributed by atoms with Crippen LogP contribution in [0.15, 0.2) is 12.4 Å². The van der Waals surface area contributed by atoms with Crippen molar-refractivity contribution in [2.75, 3.05) is 11.9 Å². The third-order valence-corrected chi connectivity index (χ3v) is 4.53. The molecule has 0 aromatic carbocycles. The average Bonchev–Trinajstić information content (AvgIpc) is 3.08. The summed E-state index contributed by atoms with van der Waals surface area (Å²) >= 11 is 0. The van der Waals surface area contributed by atoms with E-state index in [1.165, 1.54) is 23.7 Å². The Labute approximate surface area is 130 Å². The summed E-state index contributed by atoms with van der Waals surface area (Å²) in [6, 6.07) is 2.19. The molecule has 2 atom stereocenters. The molecule has 1 saturated carbocycles. The summed E-state index contributed by atoms with van der Waals surface area (Å²) in [5.74, 6) is 0.238. The van der Waals surface area contributed by atoms with Crippen molar-refractivity contribution in [3.05, 3.63) is 18.1 Å². The van der Waals surface area contributed by atoms with Gasteiger partial charge in [-0.25, -0.2) is 4.98 Å². The number of hydrogen-bond donors (Lipinski definition) is 1. The van der Waals surface area contributed by atoms with Gasteiger partial charge in [-0.3, -0.25) is 4.90 Å². The van der Waals surface area contributed by atoms with Crippen LogP contribution in [-0.4, -0.2) is 49.2 Å². The average molecular weight is 326 g/mol. The topological polar surface area (TPSA) is 58.4 Å². The molecule has 9 heteroatoms. The highest BCUT2D eigenvalue weighted by atomic mass is 19.4. The summed E-state index contributed by atoms with van der Waals surface area (Å²) in [6.07, 6.45) is 0.0423. The monoisotopic (exact) mass is 326 g/mol. The SMILES string of the molecule is CC1CC(Nc2cc(C(F)(F)F)nc3ncnn23)CN1C1CC1. The van der Waals surface area contributed by atoms with Crippen molar-refractivity contribution < 1.29 is 13.2 Å². The van der Waals surface area contributed by atoms with Gasteiger partial charge in [0.05, 0.1) is 0 Å². The normalized spacial score (nSPS) is 26.1. The predicted molar refractivity (Wildman–Crippen MR) is 77.0 cm³/mol. The van der Waals surface area contributed by atoms with E-state index in [4.69, 9.17) is 0 Å². The lowest BCUT2D eigenvalue weighted by Crippen LogP contribution is -2.31. The summed E-state index contributed by atoms with van der Waals surface area (Å²) in [5, 5.41) is 7.17. The lowest BCUT2D eigenvalue weighted by molar-refractivity contribution is -0.141. The minimum atomic E-state index is -4.51. The molecule has 0 amide bonds. The van der Waals surface area contributed by atoms with Crippen molar-refractivity contribution in [2.45, 2.75) is 50.5 Å². The van der Waals surface area contributed by atoms with Crippen molar-refractivity contribution in [1.29, 1.82) is 0 Å². The van der Waals surface area contributed by atoms with Crippen LogP contribution in [0.25, 0.3) is 5.78 Å². The first-order valence-corrected chi connectivity index (χ1v) is 7.72. The fraction of sp³-hybridized carbons (Fsp3) is 0.643. The standard InChI is InChI=1S/C14H17F3N6/c1-8-4-9(6-22(8)10-2-3-10)20-12-5-11(14(15,16)17)21-13-18-7-19-23(12)13/h5,7-10,20H,2-4,6H2,1H3. The van der Waals surface area contributed by atoms with E-state index in [0.29, 0.717) is 12.1 Å². The number of nitrogens with one attached hydrogen (secondary N) is 1. The molecule has 1 aliphatic carbocycles. The van der Waals surface area contributed by atoms with Crippen LogP contribution in [0.4, 0.5) is 19.0 Å². The highest BCUT2D eigenvalue weighted by Gasteiger charge is 2.39. The molecule has 1 saturated heterocycles. The fourth-order valence-corrected chi connectivity index (χ4v) is 3.35. The van der Waals surface area contributed by atoms with Gasteiger partial charge in [-0.05, 0) is 26.2 Å². The first kappa shape index (κ1) is 14.7. The molecule has 0 bridgehead atoms. The van der Waals surface area contributed by atoms with Crippen LogP contribution in [0.2, 0.25) is 0 Å². The molecule has 2 fully saturated rings. The third kappa shape index (κ3) is 2.73. The van der Waals surface area contributed by atoms with Crippen molar-refractivity contribution in [1.82, 2.24) is 24.5 Å². The maximum Gasteiger partial charge on any atom is 0.433 e. The van der Waals surface area contributed by atoms with Crippen LogP contribution in [0.3, 0.4) is 0 Å². The number of fused-ring (bicyclic) bond motifs is 1. The Morgan fingerprint density at radius 3 is 2.78 bits per heavy atom. The van der Waals surface area contributed by atoms with E-state index in [9.17, 15) is 13.2 Å². The first-order valence-electron chi connectivity index (χ1n) is 7.72. The molecule has 23 heavy (non-hydrogen) atoms. The van der Waals surface area contributed by atoms with E-state index < -0.39 is 11.9 Å². The van der Waals surface area contributed by atoms with Gasteiger partial charge in [-0.15, -0.1) is 0 Å². The molecule has 1 aliphatic heterocycles. The van der Waals surface area contributed by atoms with E-state index in [2.05, 4.69) is 32.2 Å². The van der Waals surface area contributed by atoms with Crippen molar-refractivity contribution in [3.63, 3.8) is 0 Å². The van der Waals surface area contributed by atoms with Crippen LogP contribution >= 0.6 is 0 Å². The second-order valence-corrected chi connectivity index (χ2v) is 6.35. The molecular formula is C14H17F3N6. The van der Waals surface area contributed by atoms with Crippen LogP contribution in [0, 0.1) is 0 Å². The van der Waals surface area contributed by atoms with Gasteiger partial charge in [0.2, 0.25) is 0 Å². The first-order chi connectivity index (χ1) is 10.9. The van der Waals surface area contributed by atoms with Crippen LogP contribution in [0.5, 0.6) is 0 Å². The zero-order valence-corrected chi connectivity index (χ0v) is 12.6. The fourth-order valence-electron chi connectivity index (χ4n) is 3.35. The number of rotatable bonds is 3. The second kappa shape index (κ2) is 5.05. The Kier molecular flexibility index (Phi) is 3.22. The van der Waals surface area contributed by atoms with Gasteiger partial charge in [0.1, 0.15) is 12.1 Å². The van der Waals surface area contributed by atoms with Gasteiger partial charge in [0.25, 0.3) is 5.78 Å². The Bertz CT molecular complexity index is 723. The molecule has 124 valence electrons. The summed E-state index contributed by atoms with van der Waals surface area (Å²) in [4.78, 5) is 9.74. The quantitative estimate of drug-likeness (QED) is 0.937. The molecule has 2 unspecified atom stereocenters. The number of anilines is 1. The van der Waals surface area contributed by atoms with Crippen molar-refractivity contribution in [3.8, 4) is 0 Å². The second-order valence-electron chi connectivity index (χ2n) is 6.35. The van der Waals surface area contributed by atoms with Gasteiger partial charge >= 0.3 is 6.18 Å². The molecule has 6 nitrogen and oxygen atoms in total. The Morgan fingerprint density at radius 2 is 2.09 bits per heavy atom. The van der Waals surface area contributed by atoms with E-state index in [1.807, 2.05) is 0 Å². The molecule has 4 rings (SSSR count). The molecule has 2 aromatic heterocycles. The number of hydrogen-bond acceptors (Lipinski definition) is 5. The van der Waals surface area contributed by atoms with E-state index >= 15 is 0 Å². The zero-order valence-electron chi connectivity index (χ0n) is 12.6. The number of halogens is 3. The number of likely N-dealkylation sites (tertiary alicyclic amines) is 1. The van der Waals surface area contributed by atoms with Crippen LogP contribution < -0.4 is 5.32 Å². The lowest BCUT2D eigenvalue weighted by atomic mass is 10.2. The molecule has 2 aromatic rings. The lowest BCUT2D eigenvalue weighted by Gasteiger charge is -2.20. The largest absolute Gasteiger partial charge is 0.433 e. The van der Waals surface area contributed by atoms with E-state index in [-0.39, 0.29) is 17.6 Å². The predicted octanol–water partition coefficient (Wildman–Crippen LogP) is 2.18. The molecule has 3 heterocycles. The minimum Gasteiger partial charge on any atom is -0.366 e. The molecular weight excluding hydrogens is 309 g/mol. The molecule has 0 spiro atoms. The smallest absolute Gasteiger partial charge is 0.366 e. The highest BCUT2D eigenvalue weighted by Crippen LogP contribution is 2.35. The van der Waals surface area contributed by atoms with Gasteiger partial charge < -0.3 is 5.32 Å². The maximum atomic E-state index is 13.0. The molecule has 2 aliphatic rings. The maximum absolute atomic E-state index is 13.0. The Balaban J connectivity index is 1.62. The Hall–Kier alpha value is -1.90. The summed E-state index contributed by atoms with van der Waals surface area (Å²) < 4.78 is 40.3. The number of alkyl halides is 3. The van der Waals surface area contributed by atoms with E-state index in [1.54, 1.807) is 0 Å². The minimum absolute atomic E-state index is 0.0487. The molecule has 0 radical (unpaired) electrons. The molecule has 1 N–H and O–H groups in total. The highest BCUT2D eigenvalue weighted by molar-refractivity contribution is 5.46. The van der Waals surface area contributed by atoms with Crippen LogP contribution in [-0.2, 0) is 6.18 Å². The van der Waals surface area contributed by atoms with E-state index in [0.717, 1.165) is 19.0 Å². The summed E-state index contributed by atoms with van der Waals surface area (Å²) in [7, 11) is 0. The van der Waals surface area contributed by atoms with Crippen LogP contribution in [0.1, 0.15) is 31.9 Å². The summed E-state index contributed by atoms with van der Waals surface area (Å²) in [6.45, 7) is 3.00. The zero-order chi connectivity index (χ0) is 16.2.